The van der Waals surface area contributed by atoms with Gasteiger partial charge in [0, 0.05) is 11.4 Å². The number of halogens is 1. The number of aromatic nitrogens is 1. The number of rotatable bonds is 3. The number of aryl methyl sites for hydroxylation is 1. The molecule has 0 atom stereocenters. The van der Waals surface area contributed by atoms with E-state index in [9.17, 15) is 9.18 Å². The van der Waals surface area contributed by atoms with E-state index < -0.39 is 11.8 Å². The average Bonchev–Trinajstić information content (AvgIpc) is 2.35. The van der Waals surface area contributed by atoms with Crippen molar-refractivity contribution in [2.24, 2.45) is 0 Å². The Hall–Kier alpha value is -2.43. The van der Waals surface area contributed by atoms with Crippen molar-refractivity contribution in [3.8, 4) is 0 Å². The number of hydrogen-bond acceptors (Lipinski definition) is 4. The molecule has 2 aromatic rings. The smallest absolute Gasteiger partial charge is 0.338 e. The molecule has 0 aliphatic heterocycles. The molecule has 2 N–H and O–H groups in total. The van der Waals surface area contributed by atoms with Crippen molar-refractivity contribution in [1.29, 1.82) is 0 Å². The number of nitrogen functional groups attached to an aromatic ring is 1. The van der Waals surface area contributed by atoms with Crippen LogP contribution in [0.1, 0.15) is 21.7 Å². The lowest BCUT2D eigenvalue weighted by Crippen LogP contribution is -2.07. The number of hydrogen-bond donors (Lipinski definition) is 1. The zero-order chi connectivity index (χ0) is 13.8. The highest BCUT2D eigenvalue weighted by molar-refractivity contribution is 5.90. The van der Waals surface area contributed by atoms with E-state index in [4.69, 9.17) is 10.5 Å². The standard InChI is InChI=1S/C14H13FN2O2/c1-9-3-2-4-13(17-9)8-19-14(18)10-5-11(15)7-12(16)6-10/h2-7H,8,16H2,1H3. The van der Waals surface area contributed by atoms with E-state index in [0.29, 0.717) is 5.69 Å². The van der Waals surface area contributed by atoms with Gasteiger partial charge in [0.1, 0.15) is 12.4 Å². The predicted molar refractivity (Wildman–Crippen MR) is 68.9 cm³/mol. The topological polar surface area (TPSA) is 65.2 Å². The molecule has 5 heteroatoms. The minimum atomic E-state index is -0.630. The van der Waals surface area contributed by atoms with E-state index in [1.54, 1.807) is 6.07 Å². The summed E-state index contributed by atoms with van der Waals surface area (Å²) >= 11 is 0. The summed E-state index contributed by atoms with van der Waals surface area (Å²) < 4.78 is 18.2. The Bertz CT molecular complexity index is 594. The Morgan fingerprint density at radius 1 is 1.37 bits per heavy atom. The van der Waals surface area contributed by atoms with E-state index in [1.807, 2.05) is 19.1 Å². The molecule has 2 rings (SSSR count). The van der Waals surface area contributed by atoms with E-state index in [0.717, 1.165) is 17.8 Å². The van der Waals surface area contributed by atoms with Crippen LogP contribution in [-0.4, -0.2) is 11.0 Å². The van der Waals surface area contributed by atoms with E-state index in [-0.39, 0.29) is 17.9 Å². The highest BCUT2D eigenvalue weighted by atomic mass is 19.1. The third-order valence-electron chi connectivity index (χ3n) is 2.45. The molecule has 0 bridgehead atoms. The van der Waals surface area contributed by atoms with Crippen molar-refractivity contribution in [2.45, 2.75) is 13.5 Å². The number of pyridine rings is 1. The fourth-order valence-electron chi connectivity index (χ4n) is 1.63. The first kappa shape index (κ1) is 13.0. The second-order valence-corrected chi connectivity index (χ2v) is 4.12. The van der Waals surface area contributed by atoms with Crippen LogP contribution in [0.25, 0.3) is 0 Å². The van der Waals surface area contributed by atoms with Crippen LogP contribution in [0.2, 0.25) is 0 Å². The van der Waals surface area contributed by atoms with Gasteiger partial charge >= 0.3 is 5.97 Å². The number of carbonyl (C=O) groups excluding carboxylic acids is 1. The van der Waals surface area contributed by atoms with Gasteiger partial charge < -0.3 is 10.5 Å². The third-order valence-corrected chi connectivity index (χ3v) is 2.45. The van der Waals surface area contributed by atoms with Crippen molar-refractivity contribution >= 4 is 11.7 Å². The van der Waals surface area contributed by atoms with Gasteiger partial charge in [0.25, 0.3) is 0 Å². The molecule has 1 aromatic heterocycles. The van der Waals surface area contributed by atoms with Gasteiger partial charge in [-0.15, -0.1) is 0 Å². The van der Waals surface area contributed by atoms with Gasteiger partial charge in [0.15, 0.2) is 0 Å². The minimum absolute atomic E-state index is 0.0386. The summed E-state index contributed by atoms with van der Waals surface area (Å²) in [4.78, 5) is 15.9. The summed E-state index contributed by atoms with van der Waals surface area (Å²) in [6, 6.07) is 9.01. The maximum absolute atomic E-state index is 13.1. The molecular weight excluding hydrogens is 247 g/mol. The number of carbonyl (C=O) groups is 1. The van der Waals surface area contributed by atoms with Crippen LogP contribution < -0.4 is 5.73 Å². The van der Waals surface area contributed by atoms with Gasteiger partial charge in [-0.2, -0.15) is 0 Å². The van der Waals surface area contributed by atoms with Crippen molar-refractivity contribution in [1.82, 2.24) is 4.98 Å². The molecule has 4 nitrogen and oxygen atoms in total. The van der Waals surface area contributed by atoms with Gasteiger partial charge in [-0.25, -0.2) is 9.18 Å². The highest BCUT2D eigenvalue weighted by Gasteiger charge is 2.10. The van der Waals surface area contributed by atoms with Gasteiger partial charge in [0.05, 0.1) is 11.3 Å². The lowest BCUT2D eigenvalue weighted by molar-refractivity contribution is 0.0467. The first-order chi connectivity index (χ1) is 9.04. The van der Waals surface area contributed by atoms with Crippen LogP contribution in [0.5, 0.6) is 0 Å². The molecule has 0 fully saturated rings. The number of nitrogens with two attached hydrogens (primary N) is 1. The zero-order valence-electron chi connectivity index (χ0n) is 10.4. The molecule has 98 valence electrons. The lowest BCUT2D eigenvalue weighted by atomic mass is 10.2. The fraction of sp³-hybridized carbons (Fsp3) is 0.143. The van der Waals surface area contributed by atoms with Crippen molar-refractivity contribution in [3.05, 3.63) is 59.2 Å². The number of benzene rings is 1. The van der Waals surface area contributed by atoms with Crippen molar-refractivity contribution in [3.63, 3.8) is 0 Å². The molecular formula is C14H13FN2O2. The number of nitrogens with zero attached hydrogens (tertiary/aromatic N) is 1. The van der Waals surface area contributed by atoms with Gasteiger partial charge in [-0.05, 0) is 37.3 Å². The predicted octanol–water partition coefficient (Wildman–Crippen LogP) is 2.47. The molecule has 0 aliphatic rings. The second kappa shape index (κ2) is 5.48. The van der Waals surface area contributed by atoms with Crippen LogP contribution in [0.15, 0.2) is 36.4 Å². The SMILES string of the molecule is Cc1cccc(COC(=O)c2cc(N)cc(F)c2)n1. The lowest BCUT2D eigenvalue weighted by Gasteiger charge is -2.06. The summed E-state index contributed by atoms with van der Waals surface area (Å²) in [7, 11) is 0. The van der Waals surface area contributed by atoms with E-state index in [2.05, 4.69) is 4.98 Å². The summed E-state index contributed by atoms with van der Waals surface area (Å²) in [5, 5.41) is 0. The summed E-state index contributed by atoms with van der Waals surface area (Å²) in [5.41, 5.74) is 7.21. The molecule has 19 heavy (non-hydrogen) atoms. The average molecular weight is 260 g/mol. The molecule has 1 aromatic carbocycles. The third kappa shape index (κ3) is 3.51. The molecule has 0 aliphatic carbocycles. The van der Waals surface area contributed by atoms with E-state index in [1.165, 1.54) is 6.07 Å². The number of esters is 1. The van der Waals surface area contributed by atoms with Crippen molar-refractivity contribution in [2.75, 3.05) is 5.73 Å². The van der Waals surface area contributed by atoms with Crippen LogP contribution in [0.3, 0.4) is 0 Å². The van der Waals surface area contributed by atoms with E-state index >= 15 is 0 Å². The zero-order valence-corrected chi connectivity index (χ0v) is 10.4. The van der Waals surface area contributed by atoms with Crippen molar-refractivity contribution < 1.29 is 13.9 Å². The monoisotopic (exact) mass is 260 g/mol. The quantitative estimate of drug-likeness (QED) is 0.680. The molecule has 0 saturated heterocycles. The normalized spacial score (nSPS) is 10.2. The maximum Gasteiger partial charge on any atom is 0.338 e. The fourth-order valence-corrected chi connectivity index (χ4v) is 1.63. The summed E-state index contributed by atoms with van der Waals surface area (Å²) in [5.74, 6) is -1.20. The summed E-state index contributed by atoms with van der Waals surface area (Å²) in [6.07, 6.45) is 0. The first-order valence-electron chi connectivity index (χ1n) is 5.70. The molecule has 0 unspecified atom stereocenters. The Labute approximate surface area is 110 Å². The van der Waals surface area contributed by atoms with Gasteiger partial charge in [0.2, 0.25) is 0 Å². The largest absolute Gasteiger partial charge is 0.456 e. The Balaban J connectivity index is 2.05. The van der Waals surface area contributed by atoms with Crippen LogP contribution in [0, 0.1) is 12.7 Å². The Morgan fingerprint density at radius 2 is 2.16 bits per heavy atom. The minimum Gasteiger partial charge on any atom is -0.456 e. The molecule has 0 saturated carbocycles. The second-order valence-electron chi connectivity index (χ2n) is 4.12. The first-order valence-corrected chi connectivity index (χ1v) is 5.70. The molecule has 1 heterocycles. The number of ether oxygens (including phenoxy) is 1. The number of anilines is 1. The maximum atomic E-state index is 13.1. The Kier molecular flexibility index (Phi) is 3.75. The van der Waals surface area contributed by atoms with Crippen LogP contribution in [0.4, 0.5) is 10.1 Å². The van der Waals surface area contributed by atoms with Gasteiger partial charge in [-0.3, -0.25) is 4.98 Å². The summed E-state index contributed by atoms with van der Waals surface area (Å²) in [6.45, 7) is 1.88. The van der Waals surface area contributed by atoms with Gasteiger partial charge in [-0.1, -0.05) is 6.07 Å². The highest BCUT2D eigenvalue weighted by Crippen LogP contribution is 2.12. The van der Waals surface area contributed by atoms with Crippen LogP contribution >= 0.6 is 0 Å². The Morgan fingerprint density at radius 3 is 2.84 bits per heavy atom. The molecule has 0 radical (unpaired) electrons. The van der Waals surface area contributed by atoms with Crippen LogP contribution in [-0.2, 0) is 11.3 Å². The molecule has 0 spiro atoms. The molecule has 0 amide bonds.